The molecule has 65 heavy (non-hydrogen) atoms. The zero-order chi connectivity index (χ0) is 50.6. The van der Waals surface area contributed by atoms with E-state index in [1.807, 2.05) is 0 Å². The molecule has 1 N–H and O–H groups in total. The van der Waals surface area contributed by atoms with Crippen molar-refractivity contribution in [1.29, 1.82) is 0 Å². The molecule has 1 unspecified atom stereocenters. The number of benzene rings is 1. The Hall–Kier alpha value is -2.72. The van der Waals surface area contributed by atoms with Gasteiger partial charge in [0.15, 0.2) is 29.8 Å². The summed E-state index contributed by atoms with van der Waals surface area (Å²) in [5.41, 5.74) is -5.97. The van der Waals surface area contributed by atoms with Gasteiger partial charge >= 0.3 is 22.8 Å². The van der Waals surface area contributed by atoms with Gasteiger partial charge in [0.05, 0.1) is 56.5 Å². The minimum atomic E-state index is -4.45. The average molecular weight is 978 g/mol. The minimum Gasteiger partial charge on any atom is -0.623 e. The number of nitrogens with zero attached hydrogens (tertiary/aromatic N) is 3. The van der Waals surface area contributed by atoms with Gasteiger partial charge in [0.25, 0.3) is 10.6 Å². The molecule has 0 aliphatic heterocycles. The highest BCUT2D eigenvalue weighted by atomic mass is 31.2. The molecule has 1 aliphatic carbocycles. The van der Waals surface area contributed by atoms with E-state index in [0.29, 0.717) is 20.1 Å². The standard InChI is InChI=1S/C44H74N3O15P3/c1-19-57-63(54,58-20-2)41(13,14)45(51)29-32-25-33(30-46(52)42(15,16)64(55,59-21-3)60-22-4)27-34(26-32)35(47(53)43(17,18)65(56,61-23-5)62-24-6)44(28-31(7)8)37(49)39(9,10)36(48)40(11,12)38(44)50/h25-30,35,53H,19-24H2,1-18H3/b45-29-,46-30+. The molecule has 0 bridgehead atoms. The van der Waals surface area contributed by atoms with Crippen molar-refractivity contribution >= 4 is 52.6 Å². The van der Waals surface area contributed by atoms with Crippen LogP contribution in [-0.2, 0) is 55.2 Å². The van der Waals surface area contributed by atoms with Crippen molar-refractivity contribution in [2.24, 2.45) is 16.2 Å². The van der Waals surface area contributed by atoms with Crippen LogP contribution in [0.1, 0.15) is 147 Å². The van der Waals surface area contributed by atoms with Gasteiger partial charge in [-0.15, -0.1) is 0 Å². The van der Waals surface area contributed by atoms with Crippen LogP contribution in [0.4, 0.5) is 0 Å². The largest absolute Gasteiger partial charge is 0.623 e. The zero-order valence-electron chi connectivity index (χ0n) is 41.6. The van der Waals surface area contributed by atoms with Crippen molar-refractivity contribution in [1.82, 2.24) is 5.06 Å². The Kier molecular flexibility index (Phi) is 19.1. The Bertz CT molecular complexity index is 2040. The summed E-state index contributed by atoms with van der Waals surface area (Å²) >= 11 is 0. The summed E-state index contributed by atoms with van der Waals surface area (Å²) in [5.74, 6) is -2.50. The lowest BCUT2D eigenvalue weighted by molar-refractivity contribution is -0.510. The molecular weight excluding hydrogens is 903 g/mol. The molecule has 1 aromatic carbocycles. The van der Waals surface area contributed by atoms with Gasteiger partial charge in [-0.05, 0) is 121 Å². The second-order valence-electron chi connectivity index (χ2n) is 18.4. The first kappa shape index (κ1) is 58.4. The van der Waals surface area contributed by atoms with Gasteiger partial charge in [0.2, 0.25) is 0 Å². The van der Waals surface area contributed by atoms with Crippen LogP contribution in [0.15, 0.2) is 29.8 Å². The molecule has 1 aliphatic rings. The fraction of sp³-hybridized carbons (Fsp3) is 0.705. The molecule has 1 aromatic rings. The Morgan fingerprint density at radius 1 is 0.631 bits per heavy atom. The van der Waals surface area contributed by atoms with Gasteiger partial charge in [-0.25, -0.2) is 0 Å². The fourth-order valence-electron chi connectivity index (χ4n) is 7.99. The molecule has 0 aromatic heterocycles. The third-order valence-corrected chi connectivity index (χ3v) is 19.7. The lowest BCUT2D eigenvalue weighted by Crippen LogP contribution is -2.67. The summed E-state index contributed by atoms with van der Waals surface area (Å²) in [7, 11) is -12.8. The normalized spacial score (nSPS) is 18.3. The van der Waals surface area contributed by atoms with E-state index in [1.165, 1.54) is 93.5 Å². The van der Waals surface area contributed by atoms with Gasteiger partial charge in [-0.2, -0.15) is 14.5 Å². The predicted molar refractivity (Wildman–Crippen MR) is 250 cm³/mol. The number of rotatable bonds is 24. The third kappa shape index (κ3) is 10.8. The molecular formula is C44H74N3O15P3. The molecule has 1 atom stereocenters. The van der Waals surface area contributed by atoms with Crippen molar-refractivity contribution < 1.29 is 69.9 Å². The zero-order valence-corrected chi connectivity index (χ0v) is 44.3. The van der Waals surface area contributed by atoms with Gasteiger partial charge in [-0.3, -0.25) is 28.1 Å². The topological polar surface area (TPSA) is 233 Å². The average Bonchev–Trinajstić information content (AvgIpc) is 3.19. The summed E-state index contributed by atoms with van der Waals surface area (Å²) < 4.78 is 77.5. The van der Waals surface area contributed by atoms with E-state index < -0.39 is 78.3 Å². The molecule has 0 spiro atoms. The quantitative estimate of drug-likeness (QED) is 0.0193. The van der Waals surface area contributed by atoms with E-state index in [1.54, 1.807) is 55.4 Å². The van der Waals surface area contributed by atoms with Crippen LogP contribution < -0.4 is 0 Å². The Morgan fingerprint density at radius 3 is 1.23 bits per heavy atom. The molecule has 21 heteroatoms. The number of allylic oxidation sites excluding steroid dienone is 1. The van der Waals surface area contributed by atoms with Gasteiger partial charge in [-0.1, -0.05) is 11.6 Å². The first-order valence-electron chi connectivity index (χ1n) is 21.9. The second-order valence-corrected chi connectivity index (χ2v) is 26.2. The molecule has 370 valence electrons. The molecule has 18 nitrogen and oxygen atoms in total. The van der Waals surface area contributed by atoms with Crippen molar-refractivity contribution in [3.8, 4) is 0 Å². The maximum atomic E-state index is 15.4. The molecule has 2 rings (SSSR count). The SMILES string of the molecule is CCOP(=O)(OCC)C(C)(C)N(O)C(c1cc(/C=[N+](\[O-])C(C)(C)P(=O)(OCC)OCC)cc(/C=[N+](/[O-])C(C)(C)P(=O)(OCC)OCC)c1)C1(C=C(C)C)C(=O)C(C)(C)C(=O)C(C)(C)C1=O. The number of carbonyl (C=O) groups excluding carboxylic acids is 3. The Labute approximate surface area is 385 Å². The highest BCUT2D eigenvalue weighted by Gasteiger charge is 2.70. The van der Waals surface area contributed by atoms with Crippen LogP contribution in [0, 0.1) is 26.7 Å². The predicted octanol–water partition coefficient (Wildman–Crippen LogP) is 10.0. The number of ketones is 3. The number of carbonyl (C=O) groups is 3. The summed E-state index contributed by atoms with van der Waals surface area (Å²) in [4.78, 5) is 44.9. The molecule has 1 fully saturated rings. The van der Waals surface area contributed by atoms with Crippen LogP contribution in [-0.4, -0.2) is 105 Å². The summed E-state index contributed by atoms with van der Waals surface area (Å²) in [5, 5.41) is 36.4. The van der Waals surface area contributed by atoms with Crippen molar-refractivity contribution in [2.75, 3.05) is 39.6 Å². The van der Waals surface area contributed by atoms with Crippen molar-refractivity contribution in [3.63, 3.8) is 0 Å². The highest BCUT2D eigenvalue weighted by molar-refractivity contribution is 7.56. The van der Waals surface area contributed by atoms with E-state index in [2.05, 4.69) is 0 Å². The first-order valence-corrected chi connectivity index (χ1v) is 26.5. The third-order valence-electron chi connectivity index (χ3n) is 11.5. The monoisotopic (exact) mass is 977 g/mol. The van der Waals surface area contributed by atoms with Crippen LogP contribution in [0.2, 0.25) is 0 Å². The maximum absolute atomic E-state index is 15.4. The molecule has 0 amide bonds. The summed E-state index contributed by atoms with van der Waals surface area (Å²) in [6, 6.07) is 2.15. The smallest absolute Gasteiger partial charge is 0.401 e. The second kappa shape index (κ2) is 21.3. The van der Waals surface area contributed by atoms with E-state index in [0.717, 1.165) is 12.4 Å². The maximum Gasteiger partial charge on any atom is 0.401 e. The van der Waals surface area contributed by atoms with Crippen LogP contribution >= 0.6 is 22.8 Å². The number of hydroxylamine groups is 4. The molecule has 0 heterocycles. The van der Waals surface area contributed by atoms with E-state index in [9.17, 15) is 34.1 Å². The Morgan fingerprint density at radius 2 is 0.938 bits per heavy atom. The number of hydrogen-bond donors (Lipinski definition) is 1. The van der Waals surface area contributed by atoms with Crippen molar-refractivity contribution in [2.45, 2.75) is 147 Å². The van der Waals surface area contributed by atoms with E-state index >= 15 is 9.59 Å². The van der Waals surface area contributed by atoms with E-state index in [-0.39, 0.29) is 56.3 Å². The summed E-state index contributed by atoms with van der Waals surface area (Å²) in [6.45, 7) is 25.8. The van der Waals surface area contributed by atoms with Gasteiger partial charge in [0, 0.05) is 38.8 Å². The van der Waals surface area contributed by atoms with Crippen molar-refractivity contribution in [3.05, 3.63) is 57.0 Å². The van der Waals surface area contributed by atoms with Crippen LogP contribution in [0.3, 0.4) is 0 Å². The first-order chi connectivity index (χ1) is 29.6. The summed E-state index contributed by atoms with van der Waals surface area (Å²) in [6.07, 6.45) is 3.42. The molecule has 0 saturated heterocycles. The fourth-order valence-corrected chi connectivity index (χ4v) is 13.1. The minimum absolute atomic E-state index is 0.0352. The lowest BCUT2D eigenvalue weighted by Gasteiger charge is -2.53. The lowest BCUT2D eigenvalue weighted by atomic mass is 9.49. The number of hydrogen-bond acceptors (Lipinski definition) is 16. The van der Waals surface area contributed by atoms with Crippen LogP contribution in [0.5, 0.6) is 0 Å². The van der Waals surface area contributed by atoms with E-state index in [4.69, 9.17) is 27.1 Å². The van der Waals surface area contributed by atoms with Gasteiger partial charge < -0.3 is 42.8 Å². The number of Topliss-reactive ketones (excluding diaryl/α,β-unsaturated/α-hetero) is 3. The molecule has 0 radical (unpaired) electrons. The van der Waals surface area contributed by atoms with Gasteiger partial charge in [0.1, 0.15) is 10.7 Å². The van der Waals surface area contributed by atoms with Crippen LogP contribution in [0.25, 0.3) is 0 Å². The Balaban J connectivity index is 3.55. The molecule has 1 saturated carbocycles. The highest BCUT2D eigenvalue weighted by Crippen LogP contribution is 2.65.